The second-order valence-corrected chi connectivity index (χ2v) is 8.24. The van der Waals surface area contributed by atoms with Gasteiger partial charge in [-0.15, -0.1) is 0 Å². The van der Waals surface area contributed by atoms with Gasteiger partial charge in [-0.25, -0.2) is 8.42 Å². The topological polar surface area (TPSA) is 63.2 Å². The van der Waals surface area contributed by atoms with Crippen LogP contribution in [0.2, 0.25) is 0 Å². The molecule has 0 aliphatic rings. The summed E-state index contributed by atoms with van der Waals surface area (Å²) in [5, 5.41) is 2.67. The molecular formula is C16H25NO3S. The Morgan fingerprint density at radius 1 is 1.14 bits per heavy atom. The van der Waals surface area contributed by atoms with Crippen LogP contribution in [0.1, 0.15) is 37.8 Å². The van der Waals surface area contributed by atoms with Crippen LogP contribution in [0.25, 0.3) is 0 Å². The van der Waals surface area contributed by atoms with E-state index < -0.39 is 9.84 Å². The Morgan fingerprint density at radius 2 is 1.71 bits per heavy atom. The minimum absolute atomic E-state index is 0.0290. The van der Waals surface area contributed by atoms with Crippen LogP contribution < -0.4 is 5.32 Å². The van der Waals surface area contributed by atoms with Gasteiger partial charge in [0.15, 0.2) is 0 Å². The van der Waals surface area contributed by atoms with Crippen LogP contribution in [0, 0.1) is 5.92 Å². The molecule has 4 nitrogen and oxygen atoms in total. The number of sulfone groups is 1. The van der Waals surface area contributed by atoms with E-state index in [0.717, 1.165) is 18.2 Å². The van der Waals surface area contributed by atoms with E-state index in [9.17, 15) is 13.2 Å². The molecule has 5 heteroatoms. The fourth-order valence-electron chi connectivity index (χ4n) is 2.08. The molecule has 1 amide bonds. The molecule has 1 N–H and O–H groups in total. The van der Waals surface area contributed by atoms with E-state index in [0.29, 0.717) is 5.92 Å². The van der Waals surface area contributed by atoms with Crippen LogP contribution in [-0.4, -0.2) is 32.9 Å². The lowest BCUT2D eigenvalue weighted by atomic mass is 9.96. The molecule has 0 radical (unpaired) electrons. The smallest absolute Gasteiger partial charge is 0.227 e. The van der Waals surface area contributed by atoms with Crippen LogP contribution in [0.5, 0.6) is 0 Å². The van der Waals surface area contributed by atoms with E-state index >= 15 is 0 Å². The molecule has 0 saturated heterocycles. The quantitative estimate of drug-likeness (QED) is 0.839. The second kappa shape index (κ2) is 7.59. The summed E-state index contributed by atoms with van der Waals surface area (Å²) in [6.45, 7) is 6.33. The molecule has 1 rings (SSSR count). The van der Waals surface area contributed by atoms with Crippen LogP contribution in [0.4, 0.5) is 0 Å². The molecule has 1 aromatic rings. The van der Waals surface area contributed by atoms with Gasteiger partial charge in [0.25, 0.3) is 0 Å². The second-order valence-electron chi connectivity index (χ2n) is 5.98. The summed E-state index contributed by atoms with van der Waals surface area (Å²) in [6, 6.07) is 8.04. The molecule has 0 aromatic heterocycles. The minimum atomic E-state index is -3.04. The predicted octanol–water partition coefficient (Wildman–Crippen LogP) is 2.15. The maximum Gasteiger partial charge on any atom is 0.227 e. The highest BCUT2D eigenvalue weighted by Gasteiger charge is 2.15. The number of carbonyl (C=O) groups excluding carboxylic acids is 1. The van der Waals surface area contributed by atoms with Gasteiger partial charge in [-0.05, 0) is 30.4 Å². The summed E-state index contributed by atoms with van der Waals surface area (Å²) in [7, 11) is -3.04. The Labute approximate surface area is 127 Å². The van der Waals surface area contributed by atoms with Gasteiger partial charge < -0.3 is 5.32 Å². The molecule has 1 aromatic carbocycles. The lowest BCUT2D eigenvalue weighted by Gasteiger charge is -2.13. The Bertz CT molecular complexity index is 562. The zero-order valence-corrected chi connectivity index (χ0v) is 14.0. The van der Waals surface area contributed by atoms with E-state index in [-0.39, 0.29) is 24.1 Å². The summed E-state index contributed by atoms with van der Waals surface area (Å²) >= 11 is 0. The van der Waals surface area contributed by atoms with Crippen LogP contribution in [0.3, 0.4) is 0 Å². The van der Waals surface area contributed by atoms with Gasteiger partial charge in [0.1, 0.15) is 9.84 Å². The largest absolute Gasteiger partial charge is 0.355 e. The van der Waals surface area contributed by atoms with Crippen molar-refractivity contribution in [1.29, 1.82) is 0 Å². The van der Waals surface area contributed by atoms with Gasteiger partial charge in [0.05, 0.1) is 11.7 Å². The van der Waals surface area contributed by atoms with Crippen molar-refractivity contribution in [1.82, 2.24) is 5.32 Å². The first-order valence-electron chi connectivity index (χ1n) is 7.23. The van der Waals surface area contributed by atoms with Crippen LogP contribution >= 0.6 is 0 Å². The maximum absolute atomic E-state index is 12.0. The monoisotopic (exact) mass is 311 g/mol. The lowest BCUT2D eigenvalue weighted by Crippen LogP contribution is -2.32. The zero-order chi connectivity index (χ0) is 16.0. The van der Waals surface area contributed by atoms with Crippen LogP contribution in [-0.2, 0) is 21.1 Å². The predicted molar refractivity (Wildman–Crippen MR) is 86.1 cm³/mol. The molecule has 0 spiro atoms. The zero-order valence-electron chi connectivity index (χ0n) is 13.2. The van der Waals surface area contributed by atoms with E-state index in [1.54, 1.807) is 0 Å². The number of rotatable bonds is 7. The van der Waals surface area contributed by atoms with E-state index in [1.165, 1.54) is 5.56 Å². The van der Waals surface area contributed by atoms with Crippen molar-refractivity contribution in [3.8, 4) is 0 Å². The molecule has 0 fully saturated rings. The molecule has 21 heavy (non-hydrogen) atoms. The number of hydrogen-bond donors (Lipinski definition) is 1. The number of hydrogen-bond acceptors (Lipinski definition) is 3. The summed E-state index contributed by atoms with van der Waals surface area (Å²) in [5.41, 5.74) is 2.21. The highest BCUT2D eigenvalue weighted by atomic mass is 32.2. The summed E-state index contributed by atoms with van der Waals surface area (Å²) in [5.74, 6) is 0.152. The van der Waals surface area contributed by atoms with Crippen molar-refractivity contribution in [2.75, 3.05) is 18.6 Å². The fraction of sp³-hybridized carbons (Fsp3) is 0.562. The molecule has 0 saturated carbocycles. The maximum atomic E-state index is 12.0. The standard InChI is InChI=1S/C16H25NO3S/c1-12(2)11-14-5-7-15(8-6-14)13(3)16(18)17-9-10-21(4,19)20/h5-8,12-13H,9-11H2,1-4H3,(H,17,18). The minimum Gasteiger partial charge on any atom is -0.355 e. The Balaban J connectivity index is 2.57. The molecule has 1 unspecified atom stereocenters. The number of amides is 1. The lowest BCUT2D eigenvalue weighted by molar-refractivity contribution is -0.122. The Kier molecular flexibility index (Phi) is 6.40. The van der Waals surface area contributed by atoms with Gasteiger partial charge in [-0.1, -0.05) is 38.1 Å². The molecule has 118 valence electrons. The molecule has 0 bridgehead atoms. The third kappa shape index (κ3) is 6.76. The highest BCUT2D eigenvalue weighted by molar-refractivity contribution is 7.90. The van der Waals surface area contributed by atoms with Crippen molar-refractivity contribution in [2.45, 2.75) is 33.1 Å². The first-order chi connectivity index (χ1) is 9.69. The van der Waals surface area contributed by atoms with Gasteiger partial charge in [-0.3, -0.25) is 4.79 Å². The van der Waals surface area contributed by atoms with Gasteiger partial charge in [0, 0.05) is 12.8 Å². The molecule has 0 heterocycles. The molecule has 1 atom stereocenters. The van der Waals surface area contributed by atoms with Crippen molar-refractivity contribution >= 4 is 15.7 Å². The molecular weight excluding hydrogens is 286 g/mol. The number of benzene rings is 1. The van der Waals surface area contributed by atoms with Crippen molar-refractivity contribution in [2.24, 2.45) is 5.92 Å². The Hall–Kier alpha value is -1.36. The highest BCUT2D eigenvalue weighted by Crippen LogP contribution is 2.17. The summed E-state index contributed by atoms with van der Waals surface area (Å²) in [4.78, 5) is 12.0. The van der Waals surface area contributed by atoms with Crippen molar-refractivity contribution in [3.63, 3.8) is 0 Å². The first-order valence-corrected chi connectivity index (χ1v) is 9.29. The van der Waals surface area contributed by atoms with E-state index in [4.69, 9.17) is 0 Å². The van der Waals surface area contributed by atoms with Gasteiger partial charge in [-0.2, -0.15) is 0 Å². The Morgan fingerprint density at radius 3 is 2.19 bits per heavy atom. The third-order valence-electron chi connectivity index (χ3n) is 3.29. The normalized spacial score (nSPS) is 13.2. The average Bonchev–Trinajstić information content (AvgIpc) is 2.36. The average molecular weight is 311 g/mol. The number of carbonyl (C=O) groups is 1. The number of nitrogens with one attached hydrogen (secondary N) is 1. The van der Waals surface area contributed by atoms with E-state index in [2.05, 4.69) is 31.3 Å². The summed E-state index contributed by atoms with van der Waals surface area (Å²) in [6.07, 6.45) is 2.19. The fourth-order valence-corrected chi connectivity index (χ4v) is 2.55. The van der Waals surface area contributed by atoms with Gasteiger partial charge in [0.2, 0.25) is 5.91 Å². The molecule has 0 aliphatic carbocycles. The van der Waals surface area contributed by atoms with Crippen LogP contribution in [0.15, 0.2) is 24.3 Å². The SMILES string of the molecule is CC(C)Cc1ccc(C(C)C(=O)NCCS(C)(=O)=O)cc1. The van der Waals surface area contributed by atoms with E-state index in [1.807, 2.05) is 19.1 Å². The van der Waals surface area contributed by atoms with Gasteiger partial charge >= 0.3 is 0 Å². The van der Waals surface area contributed by atoms with Crippen molar-refractivity contribution < 1.29 is 13.2 Å². The van der Waals surface area contributed by atoms with Crippen molar-refractivity contribution in [3.05, 3.63) is 35.4 Å². The summed E-state index contributed by atoms with van der Waals surface area (Å²) < 4.78 is 22.1. The third-order valence-corrected chi connectivity index (χ3v) is 4.23. The first kappa shape index (κ1) is 17.7. The molecule has 0 aliphatic heterocycles.